The topological polar surface area (TPSA) is 32.8 Å². The van der Waals surface area contributed by atoms with Gasteiger partial charge in [-0.2, -0.15) is 0 Å². The molecule has 4 rings (SSSR count). The minimum Gasteiger partial charge on any atom is -0.367 e. The number of benzene rings is 2. The summed E-state index contributed by atoms with van der Waals surface area (Å²) in [5, 5.41) is 2.50. The first-order chi connectivity index (χ1) is 15.5. The van der Waals surface area contributed by atoms with Gasteiger partial charge in [-0.25, -0.2) is 8.78 Å². The van der Waals surface area contributed by atoms with Gasteiger partial charge in [-0.1, -0.05) is 35.9 Å². The van der Waals surface area contributed by atoms with Crippen LogP contribution in [0.4, 0.5) is 8.78 Å². The summed E-state index contributed by atoms with van der Waals surface area (Å²) in [5.41, 5.74) is 0.793. The van der Waals surface area contributed by atoms with Gasteiger partial charge in [-0.05, 0) is 41.3 Å². The highest BCUT2D eigenvalue weighted by Crippen LogP contribution is 2.25. The maximum Gasteiger partial charge on any atom is 0.264 e. The Balaban J connectivity index is 1.41. The second-order valence-electron chi connectivity index (χ2n) is 7.62. The highest BCUT2D eigenvalue weighted by atomic mass is 35.5. The van der Waals surface area contributed by atoms with E-state index in [9.17, 15) is 13.6 Å². The summed E-state index contributed by atoms with van der Waals surface area (Å²) in [6.45, 7) is 2.98. The van der Waals surface area contributed by atoms with Crippen LogP contribution < -0.4 is 0 Å². The Morgan fingerprint density at radius 2 is 1.69 bits per heavy atom. The predicted molar refractivity (Wildman–Crippen MR) is 122 cm³/mol. The van der Waals surface area contributed by atoms with E-state index >= 15 is 0 Å². The molecule has 1 fully saturated rings. The molecule has 1 aliphatic rings. The molecule has 2 aromatic carbocycles. The zero-order valence-electron chi connectivity index (χ0n) is 17.3. The van der Waals surface area contributed by atoms with Crippen molar-refractivity contribution < 1.29 is 18.3 Å². The van der Waals surface area contributed by atoms with Crippen LogP contribution >= 0.6 is 22.9 Å². The zero-order chi connectivity index (χ0) is 22.5. The smallest absolute Gasteiger partial charge is 0.264 e. The van der Waals surface area contributed by atoms with Gasteiger partial charge in [-0.3, -0.25) is 9.69 Å². The van der Waals surface area contributed by atoms with Gasteiger partial charge in [0.05, 0.1) is 17.6 Å². The summed E-state index contributed by atoms with van der Waals surface area (Å²) in [6, 6.07) is 14.8. The molecule has 2 heterocycles. The van der Waals surface area contributed by atoms with Gasteiger partial charge in [0.1, 0.15) is 11.6 Å². The number of ether oxygens (including phenoxy) is 1. The van der Waals surface area contributed by atoms with Crippen molar-refractivity contribution in [1.82, 2.24) is 9.80 Å². The van der Waals surface area contributed by atoms with Crippen molar-refractivity contribution in [2.24, 2.45) is 0 Å². The van der Waals surface area contributed by atoms with E-state index in [-0.39, 0.29) is 18.1 Å². The van der Waals surface area contributed by atoms with Crippen molar-refractivity contribution in [3.05, 3.63) is 92.6 Å². The maximum absolute atomic E-state index is 14.1. The second kappa shape index (κ2) is 10.5. The van der Waals surface area contributed by atoms with Crippen LogP contribution in [-0.2, 0) is 11.3 Å². The molecule has 0 unspecified atom stereocenters. The van der Waals surface area contributed by atoms with E-state index in [0.717, 1.165) is 10.4 Å². The first kappa shape index (κ1) is 22.9. The SMILES string of the molecule is O=C(c1cccs1)N1CCN(C[C@H](OCc2c(F)cccc2F)c2ccc(Cl)cc2)CC1. The molecule has 0 radical (unpaired) electrons. The van der Waals surface area contributed by atoms with Gasteiger partial charge in [-0.15, -0.1) is 11.3 Å². The van der Waals surface area contributed by atoms with Crippen molar-refractivity contribution in [2.45, 2.75) is 12.7 Å². The number of thiophene rings is 1. The summed E-state index contributed by atoms with van der Waals surface area (Å²) in [4.78, 5) is 17.4. The third kappa shape index (κ3) is 5.53. The Morgan fingerprint density at radius 3 is 2.31 bits per heavy atom. The van der Waals surface area contributed by atoms with Crippen LogP contribution in [0.15, 0.2) is 60.0 Å². The van der Waals surface area contributed by atoms with Gasteiger partial charge in [0.25, 0.3) is 5.91 Å². The van der Waals surface area contributed by atoms with Crippen molar-refractivity contribution in [1.29, 1.82) is 0 Å². The average molecular weight is 477 g/mol. The molecule has 1 aliphatic heterocycles. The van der Waals surface area contributed by atoms with Crippen molar-refractivity contribution in [2.75, 3.05) is 32.7 Å². The standard InChI is InChI=1S/C24H23ClF2N2O2S/c25-18-8-6-17(7-9-18)22(31-16-19-20(26)3-1-4-21(19)27)15-28-10-12-29(13-11-28)24(30)23-5-2-14-32-23/h1-9,14,22H,10-13,15-16H2/t22-/m0/s1. The lowest BCUT2D eigenvalue weighted by Gasteiger charge is -2.36. The Hall–Kier alpha value is -2.32. The molecular formula is C24H23ClF2N2O2S. The second-order valence-corrected chi connectivity index (χ2v) is 9.01. The third-order valence-corrected chi connectivity index (χ3v) is 6.66. The largest absolute Gasteiger partial charge is 0.367 e. The first-order valence-electron chi connectivity index (χ1n) is 10.4. The molecule has 1 atom stereocenters. The molecule has 1 amide bonds. The highest BCUT2D eigenvalue weighted by Gasteiger charge is 2.25. The Labute approximate surface area is 195 Å². The summed E-state index contributed by atoms with van der Waals surface area (Å²) >= 11 is 7.47. The lowest BCUT2D eigenvalue weighted by molar-refractivity contribution is 0.00150. The number of carbonyl (C=O) groups excluding carboxylic acids is 1. The normalized spacial score (nSPS) is 15.7. The van der Waals surface area contributed by atoms with E-state index in [0.29, 0.717) is 37.7 Å². The lowest BCUT2D eigenvalue weighted by atomic mass is 10.1. The van der Waals surface area contributed by atoms with Crippen molar-refractivity contribution in [3.8, 4) is 0 Å². The van der Waals surface area contributed by atoms with Gasteiger partial charge in [0.2, 0.25) is 0 Å². The number of amides is 1. The van der Waals surface area contributed by atoms with E-state index in [4.69, 9.17) is 16.3 Å². The summed E-state index contributed by atoms with van der Waals surface area (Å²) in [5.74, 6) is -1.19. The van der Waals surface area contributed by atoms with Gasteiger partial charge in [0.15, 0.2) is 0 Å². The Bertz CT molecular complexity index is 1020. The summed E-state index contributed by atoms with van der Waals surface area (Å²) in [7, 11) is 0. The molecule has 0 N–H and O–H groups in total. The fourth-order valence-corrected chi connectivity index (χ4v) is 4.53. The van der Waals surface area contributed by atoms with Gasteiger partial charge >= 0.3 is 0 Å². The molecular weight excluding hydrogens is 454 g/mol. The Kier molecular flexibility index (Phi) is 7.52. The van der Waals surface area contributed by atoms with Crippen LogP contribution in [-0.4, -0.2) is 48.4 Å². The number of piperazine rings is 1. The van der Waals surface area contributed by atoms with Crippen LogP contribution in [0.2, 0.25) is 5.02 Å². The number of hydrogen-bond acceptors (Lipinski definition) is 4. The van der Waals surface area contributed by atoms with Crippen molar-refractivity contribution >= 4 is 28.8 Å². The van der Waals surface area contributed by atoms with Crippen molar-refractivity contribution in [3.63, 3.8) is 0 Å². The average Bonchev–Trinajstić information content (AvgIpc) is 3.33. The molecule has 8 heteroatoms. The first-order valence-corrected chi connectivity index (χ1v) is 11.6. The monoisotopic (exact) mass is 476 g/mol. The summed E-state index contributed by atoms with van der Waals surface area (Å²) < 4.78 is 34.1. The number of halogens is 3. The zero-order valence-corrected chi connectivity index (χ0v) is 18.9. The highest BCUT2D eigenvalue weighted by molar-refractivity contribution is 7.12. The molecule has 32 heavy (non-hydrogen) atoms. The summed E-state index contributed by atoms with van der Waals surface area (Å²) in [6.07, 6.45) is -0.397. The van der Waals surface area contributed by atoms with Gasteiger partial charge in [0, 0.05) is 43.3 Å². The molecule has 4 nitrogen and oxygen atoms in total. The molecule has 0 spiro atoms. The number of carbonyl (C=O) groups is 1. The molecule has 0 saturated carbocycles. The van der Waals surface area contributed by atoms with E-state index < -0.39 is 17.7 Å². The van der Waals surface area contributed by atoms with Crippen LogP contribution in [0.1, 0.15) is 26.9 Å². The molecule has 3 aromatic rings. The van der Waals surface area contributed by atoms with Crippen LogP contribution in [0.3, 0.4) is 0 Å². The number of rotatable bonds is 7. The maximum atomic E-state index is 14.1. The molecule has 0 bridgehead atoms. The minimum atomic E-state index is -0.624. The number of nitrogens with zero attached hydrogens (tertiary/aromatic N) is 2. The molecule has 0 aliphatic carbocycles. The molecule has 1 aromatic heterocycles. The lowest BCUT2D eigenvalue weighted by Crippen LogP contribution is -2.49. The predicted octanol–water partition coefficient (Wildman–Crippen LogP) is 5.40. The quantitative estimate of drug-likeness (QED) is 0.458. The van der Waals surface area contributed by atoms with Crippen LogP contribution in [0.25, 0.3) is 0 Å². The van der Waals surface area contributed by atoms with Crippen LogP contribution in [0.5, 0.6) is 0 Å². The Morgan fingerprint density at radius 1 is 1.00 bits per heavy atom. The fraction of sp³-hybridized carbons (Fsp3) is 0.292. The number of hydrogen-bond donors (Lipinski definition) is 0. The molecule has 1 saturated heterocycles. The van der Waals surface area contributed by atoms with E-state index in [2.05, 4.69) is 4.90 Å². The van der Waals surface area contributed by atoms with E-state index in [1.165, 1.54) is 29.5 Å². The van der Waals surface area contributed by atoms with E-state index in [1.807, 2.05) is 34.5 Å². The van der Waals surface area contributed by atoms with E-state index in [1.54, 1.807) is 12.1 Å². The third-order valence-electron chi connectivity index (χ3n) is 5.55. The molecule has 168 valence electrons. The fourth-order valence-electron chi connectivity index (χ4n) is 3.71. The minimum absolute atomic E-state index is 0.0557. The van der Waals surface area contributed by atoms with Crippen LogP contribution in [0, 0.1) is 11.6 Å². The van der Waals surface area contributed by atoms with Gasteiger partial charge < -0.3 is 9.64 Å².